The van der Waals surface area contributed by atoms with E-state index in [9.17, 15) is 0 Å². The minimum Gasteiger partial charge on any atom is -0.0654 e. The van der Waals surface area contributed by atoms with Crippen LogP contribution in [0.1, 0.15) is 79.6 Å². The zero-order chi connectivity index (χ0) is 11.7. The second kappa shape index (κ2) is 8.19. The Kier molecular flexibility index (Phi) is 8.19. The molecule has 15 heavy (non-hydrogen) atoms. The Morgan fingerprint density at radius 1 is 1.13 bits per heavy atom. The SMILES string of the molecule is CCCC([CH]CCCC(C)(C)CC)CC. The Morgan fingerprint density at radius 3 is 2.27 bits per heavy atom. The lowest BCUT2D eigenvalue weighted by atomic mass is 9.83. The third-order valence-electron chi connectivity index (χ3n) is 3.70. The van der Waals surface area contributed by atoms with Crippen LogP contribution in [0.15, 0.2) is 0 Å². The van der Waals surface area contributed by atoms with Crippen LogP contribution in [0.3, 0.4) is 0 Å². The van der Waals surface area contributed by atoms with Crippen molar-refractivity contribution in [3.8, 4) is 0 Å². The average Bonchev–Trinajstić information content (AvgIpc) is 2.22. The standard InChI is InChI=1S/C15H31/c1-6-11-14(7-2)12-9-10-13-15(4,5)8-3/h12,14H,6-11,13H2,1-5H3. The largest absolute Gasteiger partial charge is 0.0654 e. The molecule has 0 aromatic carbocycles. The summed E-state index contributed by atoms with van der Waals surface area (Å²) in [6, 6.07) is 0. The van der Waals surface area contributed by atoms with Crippen molar-refractivity contribution in [1.29, 1.82) is 0 Å². The predicted molar refractivity (Wildman–Crippen MR) is 70.9 cm³/mol. The predicted octanol–water partition coefficient (Wildman–Crippen LogP) is 5.62. The molecule has 0 saturated heterocycles. The molecule has 0 heteroatoms. The van der Waals surface area contributed by atoms with E-state index in [0.29, 0.717) is 5.41 Å². The normalized spacial score (nSPS) is 14.2. The van der Waals surface area contributed by atoms with Crippen LogP contribution in [0.2, 0.25) is 0 Å². The molecule has 0 fully saturated rings. The van der Waals surface area contributed by atoms with Crippen LogP contribution in [-0.4, -0.2) is 0 Å². The van der Waals surface area contributed by atoms with Crippen LogP contribution in [0.5, 0.6) is 0 Å². The van der Waals surface area contributed by atoms with Crippen LogP contribution < -0.4 is 0 Å². The quantitative estimate of drug-likeness (QED) is 0.434. The van der Waals surface area contributed by atoms with Gasteiger partial charge in [0.2, 0.25) is 0 Å². The summed E-state index contributed by atoms with van der Waals surface area (Å²) >= 11 is 0. The molecular weight excluding hydrogens is 180 g/mol. The third kappa shape index (κ3) is 7.88. The van der Waals surface area contributed by atoms with E-state index in [1.54, 1.807) is 0 Å². The highest BCUT2D eigenvalue weighted by molar-refractivity contribution is 4.76. The van der Waals surface area contributed by atoms with Gasteiger partial charge in [0.25, 0.3) is 0 Å². The van der Waals surface area contributed by atoms with E-state index >= 15 is 0 Å². The molecule has 91 valence electrons. The van der Waals surface area contributed by atoms with Gasteiger partial charge < -0.3 is 0 Å². The Morgan fingerprint density at radius 2 is 1.80 bits per heavy atom. The summed E-state index contributed by atoms with van der Waals surface area (Å²) in [5.74, 6) is 0.875. The highest BCUT2D eigenvalue weighted by Crippen LogP contribution is 2.28. The van der Waals surface area contributed by atoms with E-state index in [1.165, 1.54) is 44.9 Å². The van der Waals surface area contributed by atoms with Crippen molar-refractivity contribution in [1.82, 2.24) is 0 Å². The summed E-state index contributed by atoms with van der Waals surface area (Å²) < 4.78 is 0. The first-order valence-corrected chi connectivity index (χ1v) is 6.89. The summed E-state index contributed by atoms with van der Waals surface area (Å²) in [5.41, 5.74) is 0.556. The van der Waals surface area contributed by atoms with Crippen LogP contribution in [-0.2, 0) is 0 Å². The minimum atomic E-state index is 0.556. The van der Waals surface area contributed by atoms with Crippen LogP contribution >= 0.6 is 0 Å². The molecule has 1 atom stereocenters. The van der Waals surface area contributed by atoms with E-state index in [4.69, 9.17) is 0 Å². The molecule has 0 aromatic heterocycles. The second-order valence-electron chi connectivity index (χ2n) is 5.60. The first-order valence-electron chi connectivity index (χ1n) is 6.89. The van der Waals surface area contributed by atoms with Gasteiger partial charge in [0, 0.05) is 0 Å². The fraction of sp³-hybridized carbons (Fsp3) is 0.933. The Bertz CT molecular complexity index is 135. The molecule has 1 unspecified atom stereocenters. The summed E-state index contributed by atoms with van der Waals surface area (Å²) in [7, 11) is 0. The molecule has 0 aromatic rings. The maximum Gasteiger partial charge on any atom is -0.0355 e. The van der Waals surface area contributed by atoms with E-state index in [1.807, 2.05) is 0 Å². The fourth-order valence-electron chi connectivity index (χ4n) is 1.97. The fourth-order valence-corrected chi connectivity index (χ4v) is 1.97. The Hall–Kier alpha value is 0. The molecule has 0 aliphatic carbocycles. The molecule has 0 nitrogen and oxygen atoms in total. The summed E-state index contributed by atoms with van der Waals surface area (Å²) in [6.07, 6.45) is 12.0. The molecule has 0 saturated carbocycles. The van der Waals surface area contributed by atoms with Crippen LogP contribution in [0, 0.1) is 17.8 Å². The smallest absolute Gasteiger partial charge is 0.0355 e. The number of hydrogen-bond acceptors (Lipinski definition) is 0. The lowest BCUT2D eigenvalue weighted by Crippen LogP contribution is -2.09. The van der Waals surface area contributed by atoms with Crippen molar-refractivity contribution in [3.63, 3.8) is 0 Å². The van der Waals surface area contributed by atoms with Crippen molar-refractivity contribution >= 4 is 0 Å². The number of hydrogen-bond donors (Lipinski definition) is 0. The molecule has 0 amide bonds. The average molecular weight is 211 g/mol. The van der Waals surface area contributed by atoms with Gasteiger partial charge in [0.15, 0.2) is 0 Å². The van der Waals surface area contributed by atoms with Gasteiger partial charge in [0.1, 0.15) is 0 Å². The van der Waals surface area contributed by atoms with Crippen molar-refractivity contribution in [2.24, 2.45) is 11.3 Å². The Balaban J connectivity index is 3.52. The van der Waals surface area contributed by atoms with E-state index in [2.05, 4.69) is 41.0 Å². The Labute approximate surface area is 97.8 Å². The van der Waals surface area contributed by atoms with Gasteiger partial charge in [-0.05, 0) is 30.6 Å². The molecule has 0 N–H and O–H groups in total. The van der Waals surface area contributed by atoms with Gasteiger partial charge in [0.05, 0.1) is 0 Å². The van der Waals surface area contributed by atoms with Crippen molar-refractivity contribution < 1.29 is 0 Å². The first-order chi connectivity index (χ1) is 7.05. The van der Waals surface area contributed by atoms with E-state index < -0.39 is 0 Å². The van der Waals surface area contributed by atoms with E-state index in [-0.39, 0.29) is 0 Å². The molecule has 1 radical (unpaired) electrons. The van der Waals surface area contributed by atoms with Crippen molar-refractivity contribution in [2.75, 3.05) is 0 Å². The molecule has 0 bridgehead atoms. The highest BCUT2D eigenvalue weighted by Gasteiger charge is 2.14. The summed E-state index contributed by atoms with van der Waals surface area (Å²) in [4.78, 5) is 0. The number of unbranched alkanes of at least 4 members (excludes halogenated alkanes) is 1. The number of rotatable bonds is 9. The second-order valence-corrected chi connectivity index (χ2v) is 5.60. The summed E-state index contributed by atoms with van der Waals surface area (Å²) in [5, 5.41) is 0. The van der Waals surface area contributed by atoms with Crippen molar-refractivity contribution in [3.05, 3.63) is 6.42 Å². The topological polar surface area (TPSA) is 0 Å². The zero-order valence-electron chi connectivity index (χ0n) is 11.6. The highest BCUT2D eigenvalue weighted by atomic mass is 14.2. The van der Waals surface area contributed by atoms with Gasteiger partial charge in [-0.1, -0.05) is 66.7 Å². The molecule has 0 aliphatic heterocycles. The maximum absolute atomic E-state index is 2.56. The molecule has 0 rings (SSSR count). The molecule has 0 aliphatic rings. The first kappa shape index (κ1) is 15.0. The molecule has 0 heterocycles. The lowest BCUT2D eigenvalue weighted by Gasteiger charge is -2.22. The van der Waals surface area contributed by atoms with Gasteiger partial charge in [-0.25, -0.2) is 0 Å². The van der Waals surface area contributed by atoms with Gasteiger partial charge in [-0.15, -0.1) is 0 Å². The lowest BCUT2D eigenvalue weighted by molar-refractivity contribution is 0.310. The van der Waals surface area contributed by atoms with Crippen molar-refractivity contribution in [2.45, 2.75) is 79.6 Å². The molecular formula is C15H31. The van der Waals surface area contributed by atoms with Gasteiger partial charge in [-0.3, -0.25) is 0 Å². The van der Waals surface area contributed by atoms with Crippen LogP contribution in [0.25, 0.3) is 0 Å². The van der Waals surface area contributed by atoms with Gasteiger partial charge in [-0.2, -0.15) is 0 Å². The van der Waals surface area contributed by atoms with Crippen LogP contribution in [0.4, 0.5) is 0 Å². The maximum atomic E-state index is 2.56. The minimum absolute atomic E-state index is 0.556. The summed E-state index contributed by atoms with van der Waals surface area (Å²) in [6.45, 7) is 11.7. The molecule has 0 spiro atoms. The van der Waals surface area contributed by atoms with Gasteiger partial charge >= 0.3 is 0 Å². The third-order valence-corrected chi connectivity index (χ3v) is 3.70. The zero-order valence-corrected chi connectivity index (χ0v) is 11.6. The van der Waals surface area contributed by atoms with E-state index in [0.717, 1.165) is 5.92 Å². The monoisotopic (exact) mass is 211 g/mol.